The summed E-state index contributed by atoms with van der Waals surface area (Å²) in [5.74, 6) is 1.51. The summed E-state index contributed by atoms with van der Waals surface area (Å²) < 4.78 is 1.98. The van der Waals surface area contributed by atoms with Crippen molar-refractivity contribution in [2.24, 2.45) is 0 Å². The molecule has 2 aromatic rings. The van der Waals surface area contributed by atoms with E-state index in [0.29, 0.717) is 0 Å². The van der Waals surface area contributed by atoms with Crippen LogP contribution in [0.15, 0.2) is 39.5 Å². The molecule has 0 amide bonds. The van der Waals surface area contributed by atoms with Gasteiger partial charge in [0, 0.05) is 22.1 Å². The fraction of sp³-hybridized carbons (Fsp3) is 0.0909. The van der Waals surface area contributed by atoms with Gasteiger partial charge >= 0.3 is 0 Å². The van der Waals surface area contributed by atoms with Crippen LogP contribution in [0.5, 0.6) is 0 Å². The zero-order valence-corrected chi connectivity index (χ0v) is 12.2. The van der Waals surface area contributed by atoms with Crippen molar-refractivity contribution in [3.05, 3.63) is 39.5 Å². The molecule has 4 nitrogen and oxygen atoms in total. The summed E-state index contributed by atoms with van der Waals surface area (Å²) in [7, 11) is 1.82. The molecule has 0 saturated carbocycles. The van der Waals surface area contributed by atoms with E-state index in [1.54, 1.807) is 0 Å². The molecule has 0 fully saturated rings. The van der Waals surface area contributed by atoms with E-state index in [2.05, 4.69) is 52.5 Å². The second kappa shape index (κ2) is 5.46. The number of hydrogen-bond donors (Lipinski definition) is 2. The first-order valence-corrected chi connectivity index (χ1v) is 6.49. The number of anilines is 3. The van der Waals surface area contributed by atoms with Gasteiger partial charge in [0.15, 0.2) is 0 Å². The van der Waals surface area contributed by atoms with Crippen molar-refractivity contribution in [3.63, 3.8) is 0 Å². The Morgan fingerprint density at radius 1 is 1.06 bits per heavy atom. The largest absolute Gasteiger partial charge is 0.373 e. The van der Waals surface area contributed by atoms with Crippen LogP contribution in [0.1, 0.15) is 0 Å². The van der Waals surface area contributed by atoms with Crippen molar-refractivity contribution in [1.29, 1.82) is 0 Å². The predicted molar refractivity (Wildman–Crippen MR) is 76.7 cm³/mol. The molecule has 2 rings (SSSR count). The molecule has 1 aromatic heterocycles. The minimum absolute atomic E-state index is 0.739. The van der Waals surface area contributed by atoms with Gasteiger partial charge in [-0.15, -0.1) is 0 Å². The molecule has 0 aliphatic rings. The zero-order valence-electron chi connectivity index (χ0n) is 9.04. The predicted octanol–water partition coefficient (Wildman–Crippen LogP) is 3.79. The maximum Gasteiger partial charge on any atom is 0.135 e. The van der Waals surface area contributed by atoms with Crippen LogP contribution >= 0.6 is 31.9 Å². The van der Waals surface area contributed by atoms with E-state index in [1.807, 2.05) is 31.3 Å². The van der Waals surface area contributed by atoms with Gasteiger partial charge < -0.3 is 10.6 Å². The van der Waals surface area contributed by atoms with Gasteiger partial charge in [0.1, 0.15) is 18.0 Å². The summed E-state index contributed by atoms with van der Waals surface area (Å²) >= 11 is 6.91. The molecular formula is C11H10Br2N4. The fourth-order valence-corrected chi connectivity index (χ4v) is 2.00. The van der Waals surface area contributed by atoms with Gasteiger partial charge in [-0.1, -0.05) is 15.9 Å². The Bertz CT molecular complexity index is 531. The molecule has 0 aliphatic carbocycles. The summed E-state index contributed by atoms with van der Waals surface area (Å²) in [4.78, 5) is 8.21. The number of rotatable bonds is 3. The van der Waals surface area contributed by atoms with E-state index in [4.69, 9.17) is 0 Å². The molecule has 6 heteroatoms. The van der Waals surface area contributed by atoms with Crippen LogP contribution in [0.25, 0.3) is 0 Å². The summed E-state index contributed by atoms with van der Waals surface area (Å²) in [6.45, 7) is 0. The molecule has 0 saturated heterocycles. The van der Waals surface area contributed by atoms with Crippen LogP contribution in [0.3, 0.4) is 0 Å². The maximum absolute atomic E-state index is 4.16. The first-order valence-electron chi connectivity index (χ1n) is 4.91. The van der Waals surface area contributed by atoms with Crippen molar-refractivity contribution < 1.29 is 0 Å². The molecular weight excluding hydrogens is 348 g/mol. The van der Waals surface area contributed by atoms with E-state index in [1.165, 1.54) is 6.33 Å². The lowest BCUT2D eigenvalue weighted by Gasteiger charge is -2.09. The van der Waals surface area contributed by atoms with Gasteiger partial charge in [0.2, 0.25) is 0 Å². The van der Waals surface area contributed by atoms with Gasteiger partial charge in [-0.2, -0.15) is 0 Å². The van der Waals surface area contributed by atoms with Crippen LogP contribution in [0.2, 0.25) is 0 Å². The Morgan fingerprint density at radius 3 is 2.59 bits per heavy atom. The Labute approximate surface area is 116 Å². The Morgan fingerprint density at radius 2 is 1.82 bits per heavy atom. The van der Waals surface area contributed by atoms with E-state index >= 15 is 0 Å². The highest BCUT2D eigenvalue weighted by Crippen LogP contribution is 2.28. The summed E-state index contributed by atoms with van der Waals surface area (Å²) in [6.07, 6.45) is 1.51. The molecule has 17 heavy (non-hydrogen) atoms. The van der Waals surface area contributed by atoms with Crippen molar-refractivity contribution in [2.45, 2.75) is 0 Å². The van der Waals surface area contributed by atoms with Crippen LogP contribution in [-0.2, 0) is 0 Å². The number of halogens is 2. The molecule has 0 aliphatic heterocycles. The lowest BCUT2D eigenvalue weighted by molar-refractivity contribution is 1.16. The molecule has 0 spiro atoms. The monoisotopic (exact) mass is 356 g/mol. The van der Waals surface area contributed by atoms with E-state index in [9.17, 15) is 0 Å². The minimum Gasteiger partial charge on any atom is -0.373 e. The third kappa shape index (κ3) is 3.17. The molecule has 1 heterocycles. The lowest BCUT2D eigenvalue weighted by Crippen LogP contribution is -1.98. The fourth-order valence-electron chi connectivity index (χ4n) is 1.29. The van der Waals surface area contributed by atoms with Crippen LogP contribution in [-0.4, -0.2) is 17.0 Å². The Kier molecular flexibility index (Phi) is 3.96. The molecule has 0 atom stereocenters. The van der Waals surface area contributed by atoms with Crippen molar-refractivity contribution >= 4 is 49.2 Å². The second-order valence-corrected chi connectivity index (χ2v) is 5.06. The third-order valence-corrected chi connectivity index (χ3v) is 3.30. The van der Waals surface area contributed by atoms with Crippen molar-refractivity contribution in [3.8, 4) is 0 Å². The highest BCUT2D eigenvalue weighted by Gasteiger charge is 2.03. The van der Waals surface area contributed by atoms with E-state index in [0.717, 1.165) is 26.3 Å². The van der Waals surface area contributed by atoms with Gasteiger partial charge in [-0.25, -0.2) is 9.97 Å². The SMILES string of the molecule is CNc1cc(Nc2cc(Br)ccc2Br)ncn1. The Balaban J connectivity index is 2.27. The van der Waals surface area contributed by atoms with Crippen molar-refractivity contribution in [2.75, 3.05) is 17.7 Å². The zero-order chi connectivity index (χ0) is 12.3. The summed E-state index contributed by atoms with van der Waals surface area (Å²) in [5, 5.41) is 6.19. The molecule has 2 N–H and O–H groups in total. The van der Waals surface area contributed by atoms with Gasteiger partial charge in [0.25, 0.3) is 0 Å². The highest BCUT2D eigenvalue weighted by atomic mass is 79.9. The van der Waals surface area contributed by atoms with Crippen LogP contribution in [0.4, 0.5) is 17.3 Å². The summed E-state index contributed by atoms with van der Waals surface area (Å²) in [5.41, 5.74) is 0.945. The van der Waals surface area contributed by atoms with E-state index in [-0.39, 0.29) is 0 Å². The molecule has 0 radical (unpaired) electrons. The van der Waals surface area contributed by atoms with Gasteiger partial charge in [-0.3, -0.25) is 0 Å². The topological polar surface area (TPSA) is 49.8 Å². The minimum atomic E-state index is 0.739. The van der Waals surface area contributed by atoms with Crippen molar-refractivity contribution in [1.82, 2.24) is 9.97 Å². The Hall–Kier alpha value is -1.14. The standard InChI is InChI=1S/C11H10Br2N4/c1-14-10-5-11(16-6-15-10)17-9-4-7(12)2-3-8(9)13/h2-6H,1H3,(H2,14,15,16,17). The van der Waals surface area contributed by atoms with Crippen LogP contribution < -0.4 is 10.6 Å². The number of benzene rings is 1. The first kappa shape index (κ1) is 12.3. The molecule has 0 bridgehead atoms. The number of nitrogens with one attached hydrogen (secondary N) is 2. The normalized spacial score (nSPS) is 10.1. The van der Waals surface area contributed by atoms with Gasteiger partial charge in [-0.05, 0) is 34.1 Å². The second-order valence-electron chi connectivity index (χ2n) is 3.29. The van der Waals surface area contributed by atoms with Crippen LogP contribution in [0, 0.1) is 0 Å². The molecule has 0 unspecified atom stereocenters. The number of nitrogens with zero attached hydrogens (tertiary/aromatic N) is 2. The maximum atomic E-state index is 4.16. The summed E-state index contributed by atoms with van der Waals surface area (Å²) in [6, 6.07) is 7.75. The van der Waals surface area contributed by atoms with Gasteiger partial charge in [0.05, 0.1) is 5.69 Å². The number of hydrogen-bond acceptors (Lipinski definition) is 4. The van der Waals surface area contributed by atoms with E-state index < -0.39 is 0 Å². The molecule has 88 valence electrons. The molecule has 1 aromatic carbocycles. The quantitative estimate of drug-likeness (QED) is 0.877. The smallest absolute Gasteiger partial charge is 0.135 e. The average molecular weight is 358 g/mol. The third-order valence-electron chi connectivity index (χ3n) is 2.11. The average Bonchev–Trinajstić information content (AvgIpc) is 2.34. The first-order chi connectivity index (χ1) is 8.19. The lowest BCUT2D eigenvalue weighted by atomic mass is 10.3. The number of aromatic nitrogens is 2. The highest BCUT2D eigenvalue weighted by molar-refractivity contribution is 9.11.